The Bertz CT molecular complexity index is 1090. The zero-order valence-electron chi connectivity index (χ0n) is 17.3. The van der Waals surface area contributed by atoms with E-state index in [4.69, 9.17) is 38.3 Å². The quantitative estimate of drug-likeness (QED) is 0.484. The number of hydrogen-bond donors (Lipinski definition) is 0. The summed E-state index contributed by atoms with van der Waals surface area (Å²) in [4.78, 5) is 6.95. The molecular weight excluding hydrogens is 422 g/mol. The Morgan fingerprint density at radius 2 is 2.10 bits per heavy atom. The van der Waals surface area contributed by atoms with Crippen LogP contribution in [-0.4, -0.2) is 59.3 Å². The van der Waals surface area contributed by atoms with Crippen LogP contribution in [0.15, 0.2) is 18.2 Å². The lowest BCUT2D eigenvalue weighted by atomic mass is 10.1. The van der Waals surface area contributed by atoms with Crippen LogP contribution in [0.4, 0.5) is 11.5 Å². The summed E-state index contributed by atoms with van der Waals surface area (Å²) in [5.41, 5.74) is 5.66. The van der Waals surface area contributed by atoms with Gasteiger partial charge in [-0.2, -0.15) is 0 Å². The van der Waals surface area contributed by atoms with Gasteiger partial charge in [-0.1, -0.05) is 29.0 Å². The standard InChI is InChI=1S/C21H24ClN5O2S/c1-13-8-18-19(24-25-27(18)16(11-29-3)5-7-28-2)21(23-13)26-6-4-15-9-14(12-30)10-17(22)20(15)26/h8-10,12,16H,4-7,11H2,1-3H3/t16-/m1/s1. The summed E-state index contributed by atoms with van der Waals surface area (Å²) in [5, 5.41) is 11.3. The van der Waals surface area contributed by atoms with Crippen molar-refractivity contribution >= 4 is 51.7 Å². The number of hydrogen-bond acceptors (Lipinski definition) is 7. The number of rotatable bonds is 8. The van der Waals surface area contributed by atoms with Crippen LogP contribution in [0.25, 0.3) is 11.0 Å². The Morgan fingerprint density at radius 1 is 1.27 bits per heavy atom. The maximum Gasteiger partial charge on any atom is 0.163 e. The third-order valence-corrected chi connectivity index (χ3v) is 5.92. The van der Waals surface area contributed by atoms with Gasteiger partial charge in [0.2, 0.25) is 0 Å². The first-order chi connectivity index (χ1) is 14.6. The zero-order valence-corrected chi connectivity index (χ0v) is 18.8. The molecule has 0 bridgehead atoms. The van der Waals surface area contributed by atoms with Crippen LogP contribution in [0.2, 0.25) is 5.02 Å². The van der Waals surface area contributed by atoms with Crippen molar-refractivity contribution in [3.8, 4) is 0 Å². The predicted molar refractivity (Wildman–Crippen MR) is 122 cm³/mol. The van der Waals surface area contributed by atoms with E-state index in [9.17, 15) is 0 Å². The average molecular weight is 446 g/mol. The maximum absolute atomic E-state index is 6.64. The number of anilines is 2. The van der Waals surface area contributed by atoms with Gasteiger partial charge in [0.05, 0.1) is 28.9 Å². The summed E-state index contributed by atoms with van der Waals surface area (Å²) in [6.45, 7) is 3.90. The maximum atomic E-state index is 6.64. The fraction of sp³-hybridized carbons (Fsp3) is 0.429. The monoisotopic (exact) mass is 445 g/mol. The molecule has 158 valence electrons. The van der Waals surface area contributed by atoms with E-state index in [0.717, 1.165) is 53.2 Å². The number of methoxy groups -OCH3 is 2. The molecule has 2 aromatic heterocycles. The molecule has 30 heavy (non-hydrogen) atoms. The van der Waals surface area contributed by atoms with E-state index in [1.54, 1.807) is 19.6 Å². The molecule has 0 saturated carbocycles. The molecule has 0 radical (unpaired) electrons. The van der Waals surface area contributed by atoms with E-state index in [-0.39, 0.29) is 6.04 Å². The van der Waals surface area contributed by atoms with E-state index >= 15 is 0 Å². The first-order valence-corrected chi connectivity index (χ1v) is 10.7. The molecule has 7 nitrogen and oxygen atoms in total. The molecule has 3 heterocycles. The van der Waals surface area contributed by atoms with Gasteiger partial charge in [0, 0.05) is 38.4 Å². The molecule has 1 aromatic carbocycles. The Balaban J connectivity index is 1.81. The van der Waals surface area contributed by atoms with Gasteiger partial charge < -0.3 is 14.4 Å². The molecule has 1 atom stereocenters. The average Bonchev–Trinajstić information content (AvgIpc) is 3.35. The lowest BCUT2D eigenvalue weighted by Crippen LogP contribution is -2.19. The highest BCUT2D eigenvalue weighted by Gasteiger charge is 2.28. The second kappa shape index (κ2) is 8.93. The lowest BCUT2D eigenvalue weighted by Gasteiger charge is -2.21. The third-order valence-electron chi connectivity index (χ3n) is 5.36. The number of ether oxygens (including phenoxy) is 2. The van der Waals surface area contributed by atoms with Crippen LogP contribution in [0.5, 0.6) is 0 Å². The number of nitrogens with zero attached hydrogens (tertiary/aromatic N) is 5. The molecule has 0 saturated heterocycles. The van der Waals surface area contributed by atoms with Gasteiger partial charge >= 0.3 is 0 Å². The van der Waals surface area contributed by atoms with Crippen LogP contribution < -0.4 is 4.90 Å². The second-order valence-electron chi connectivity index (χ2n) is 7.41. The minimum atomic E-state index is 0.0224. The molecule has 1 aliphatic rings. The van der Waals surface area contributed by atoms with E-state index in [1.807, 2.05) is 23.7 Å². The molecule has 0 spiro atoms. The highest BCUT2D eigenvalue weighted by atomic mass is 35.5. The Kier molecular flexibility index (Phi) is 6.29. The lowest BCUT2D eigenvalue weighted by molar-refractivity contribution is 0.117. The van der Waals surface area contributed by atoms with E-state index in [0.29, 0.717) is 18.2 Å². The molecule has 9 heteroatoms. The van der Waals surface area contributed by atoms with Crippen molar-refractivity contribution in [2.75, 3.05) is 38.9 Å². The van der Waals surface area contributed by atoms with Crippen molar-refractivity contribution in [3.63, 3.8) is 0 Å². The largest absolute Gasteiger partial charge is 0.385 e. The molecular formula is C21H24ClN5O2S. The minimum absolute atomic E-state index is 0.0224. The van der Waals surface area contributed by atoms with Crippen molar-refractivity contribution in [2.45, 2.75) is 25.8 Å². The van der Waals surface area contributed by atoms with Crippen molar-refractivity contribution in [1.82, 2.24) is 20.0 Å². The first kappa shape index (κ1) is 21.1. The van der Waals surface area contributed by atoms with Crippen molar-refractivity contribution in [2.24, 2.45) is 0 Å². The van der Waals surface area contributed by atoms with Crippen LogP contribution in [-0.2, 0) is 15.9 Å². The highest BCUT2D eigenvalue weighted by Crippen LogP contribution is 2.42. The normalized spacial score (nSPS) is 14.3. The molecule has 1 aliphatic heterocycles. The van der Waals surface area contributed by atoms with Gasteiger partial charge in [0.1, 0.15) is 0 Å². The number of fused-ring (bicyclic) bond motifs is 2. The van der Waals surface area contributed by atoms with Gasteiger partial charge in [-0.15, -0.1) is 5.10 Å². The smallest absolute Gasteiger partial charge is 0.163 e. The van der Waals surface area contributed by atoms with Gasteiger partial charge in [-0.05, 0) is 49.1 Å². The summed E-state index contributed by atoms with van der Waals surface area (Å²) < 4.78 is 12.6. The number of halogens is 1. The molecule has 0 fully saturated rings. The van der Waals surface area contributed by atoms with Gasteiger partial charge in [-0.3, -0.25) is 0 Å². The van der Waals surface area contributed by atoms with Crippen LogP contribution in [0.3, 0.4) is 0 Å². The second-order valence-corrected chi connectivity index (χ2v) is 8.05. The van der Waals surface area contributed by atoms with E-state index in [2.05, 4.69) is 21.3 Å². The SMILES string of the molecule is COCC[C@H](COC)n1nnc2c(N3CCc4cc(C=S)cc(Cl)c43)nc(C)cc21. The Labute approximate surface area is 185 Å². The summed E-state index contributed by atoms with van der Waals surface area (Å²) >= 11 is 11.7. The number of thiocarbonyl (C=S) groups is 1. The first-order valence-electron chi connectivity index (χ1n) is 9.83. The minimum Gasteiger partial charge on any atom is -0.385 e. The van der Waals surface area contributed by atoms with E-state index < -0.39 is 0 Å². The molecule has 4 rings (SSSR count). The summed E-state index contributed by atoms with van der Waals surface area (Å²) in [6.07, 6.45) is 1.65. The summed E-state index contributed by atoms with van der Waals surface area (Å²) in [5.74, 6) is 0.773. The fourth-order valence-corrected chi connectivity index (χ4v) is 4.51. The molecule has 3 aromatic rings. The molecule has 0 aliphatic carbocycles. The van der Waals surface area contributed by atoms with Crippen LogP contribution in [0.1, 0.15) is 29.3 Å². The summed E-state index contributed by atoms with van der Waals surface area (Å²) in [6, 6.07) is 6.03. The number of pyridine rings is 1. The van der Waals surface area contributed by atoms with E-state index in [1.165, 1.54) is 5.56 Å². The van der Waals surface area contributed by atoms with Gasteiger partial charge in [0.15, 0.2) is 11.3 Å². The summed E-state index contributed by atoms with van der Waals surface area (Å²) in [7, 11) is 3.38. The topological polar surface area (TPSA) is 65.3 Å². The Morgan fingerprint density at radius 3 is 2.83 bits per heavy atom. The van der Waals surface area contributed by atoms with Crippen molar-refractivity contribution in [1.29, 1.82) is 0 Å². The van der Waals surface area contributed by atoms with Crippen molar-refractivity contribution < 1.29 is 9.47 Å². The number of benzene rings is 1. The fourth-order valence-electron chi connectivity index (χ4n) is 4.02. The van der Waals surface area contributed by atoms with Crippen LogP contribution in [0, 0.1) is 6.92 Å². The van der Waals surface area contributed by atoms with Gasteiger partial charge in [-0.25, -0.2) is 9.67 Å². The van der Waals surface area contributed by atoms with Crippen LogP contribution >= 0.6 is 23.8 Å². The number of aromatic nitrogens is 4. The number of aryl methyl sites for hydroxylation is 1. The third kappa shape index (κ3) is 3.80. The molecule has 0 N–H and O–H groups in total. The predicted octanol–water partition coefficient (Wildman–Crippen LogP) is 4.05. The highest BCUT2D eigenvalue weighted by molar-refractivity contribution is 7.79. The molecule has 0 unspecified atom stereocenters. The Hall–Kier alpha value is -2.13. The van der Waals surface area contributed by atoms with Gasteiger partial charge in [0.25, 0.3) is 0 Å². The van der Waals surface area contributed by atoms with Crippen molar-refractivity contribution in [3.05, 3.63) is 40.0 Å². The molecule has 0 amide bonds. The zero-order chi connectivity index (χ0) is 21.3.